The van der Waals surface area contributed by atoms with Gasteiger partial charge in [-0.3, -0.25) is 19.2 Å². The number of ether oxygens (including phenoxy) is 1. The second-order valence-corrected chi connectivity index (χ2v) is 9.70. The predicted octanol–water partition coefficient (Wildman–Crippen LogP) is 1.26. The van der Waals surface area contributed by atoms with E-state index in [4.69, 9.17) is 4.74 Å². The zero-order valence-corrected chi connectivity index (χ0v) is 22.2. The number of rotatable bonds is 6. The SMILES string of the molecule is CCN1CCOc2ccccc2C(=O)N[C@H](C(=O)NCCCN2CCCCCC2)CC(=O)N(C)CC1=O. The van der Waals surface area contributed by atoms with Gasteiger partial charge in [0.05, 0.1) is 25.1 Å². The number of benzene rings is 1. The van der Waals surface area contributed by atoms with Crippen LogP contribution in [0.2, 0.25) is 0 Å². The molecule has 0 spiro atoms. The number of carbonyl (C=O) groups excluding carboxylic acids is 4. The van der Waals surface area contributed by atoms with E-state index in [0.717, 1.165) is 26.1 Å². The lowest BCUT2D eigenvalue weighted by atomic mass is 10.1. The van der Waals surface area contributed by atoms with E-state index in [2.05, 4.69) is 15.5 Å². The number of nitrogens with zero attached hydrogens (tertiary/aromatic N) is 3. The van der Waals surface area contributed by atoms with E-state index >= 15 is 0 Å². The molecule has 0 bridgehead atoms. The highest BCUT2D eigenvalue weighted by atomic mass is 16.5. The van der Waals surface area contributed by atoms with Crippen LogP contribution < -0.4 is 15.4 Å². The third-order valence-electron chi connectivity index (χ3n) is 6.93. The van der Waals surface area contributed by atoms with E-state index in [9.17, 15) is 19.2 Å². The third kappa shape index (κ3) is 8.73. The van der Waals surface area contributed by atoms with E-state index in [0.29, 0.717) is 25.4 Å². The smallest absolute Gasteiger partial charge is 0.255 e. The third-order valence-corrected chi connectivity index (χ3v) is 6.93. The predicted molar refractivity (Wildman–Crippen MR) is 140 cm³/mol. The summed E-state index contributed by atoms with van der Waals surface area (Å²) in [5.41, 5.74) is 0.272. The summed E-state index contributed by atoms with van der Waals surface area (Å²) in [6, 6.07) is 5.68. The Balaban J connectivity index is 1.70. The molecule has 1 atom stereocenters. The molecule has 1 aromatic carbocycles. The molecule has 10 nitrogen and oxygen atoms in total. The summed E-state index contributed by atoms with van der Waals surface area (Å²) >= 11 is 0. The zero-order chi connectivity index (χ0) is 26.6. The highest BCUT2D eigenvalue weighted by molar-refractivity contribution is 6.00. The fourth-order valence-corrected chi connectivity index (χ4v) is 4.67. The summed E-state index contributed by atoms with van der Waals surface area (Å²) in [6.07, 6.45) is 5.50. The van der Waals surface area contributed by atoms with Crippen LogP contribution in [0.15, 0.2) is 24.3 Å². The first-order valence-corrected chi connectivity index (χ1v) is 13.4. The number of likely N-dealkylation sites (N-methyl/N-ethyl adjacent to an activating group) is 2. The van der Waals surface area contributed by atoms with Crippen LogP contribution in [0.1, 0.15) is 55.8 Å². The van der Waals surface area contributed by atoms with Crippen molar-refractivity contribution in [1.82, 2.24) is 25.3 Å². The Bertz CT molecular complexity index is 932. The van der Waals surface area contributed by atoms with Crippen LogP contribution >= 0.6 is 0 Å². The molecule has 2 heterocycles. The summed E-state index contributed by atoms with van der Waals surface area (Å²) in [5, 5.41) is 5.61. The van der Waals surface area contributed by atoms with Crippen LogP contribution in [0.5, 0.6) is 5.75 Å². The topological polar surface area (TPSA) is 111 Å². The maximum absolute atomic E-state index is 13.2. The molecule has 0 aliphatic carbocycles. The fourth-order valence-electron chi connectivity index (χ4n) is 4.67. The molecule has 0 saturated carbocycles. The summed E-state index contributed by atoms with van der Waals surface area (Å²) in [6.45, 7) is 6.27. The minimum absolute atomic E-state index is 0.110. The molecule has 1 aromatic rings. The van der Waals surface area contributed by atoms with Gasteiger partial charge >= 0.3 is 0 Å². The summed E-state index contributed by atoms with van der Waals surface area (Å²) in [5.74, 6) is -1.14. The van der Waals surface area contributed by atoms with E-state index in [1.807, 2.05) is 6.92 Å². The molecule has 4 amide bonds. The minimum atomic E-state index is -1.07. The van der Waals surface area contributed by atoms with Crippen molar-refractivity contribution in [3.8, 4) is 5.75 Å². The second-order valence-electron chi connectivity index (χ2n) is 9.70. The van der Waals surface area contributed by atoms with Crippen molar-refractivity contribution in [1.29, 1.82) is 0 Å². The van der Waals surface area contributed by atoms with Gasteiger partial charge in [-0.25, -0.2) is 0 Å². The van der Waals surface area contributed by atoms with E-state index in [1.54, 1.807) is 29.2 Å². The van der Waals surface area contributed by atoms with Crippen molar-refractivity contribution in [3.05, 3.63) is 29.8 Å². The van der Waals surface area contributed by atoms with Crippen molar-refractivity contribution < 1.29 is 23.9 Å². The summed E-state index contributed by atoms with van der Waals surface area (Å²) < 4.78 is 5.83. The van der Waals surface area contributed by atoms with Gasteiger partial charge in [-0.05, 0) is 58.0 Å². The monoisotopic (exact) mass is 515 g/mol. The van der Waals surface area contributed by atoms with Crippen LogP contribution in [0.4, 0.5) is 0 Å². The Kier molecular flexibility index (Phi) is 11.2. The van der Waals surface area contributed by atoms with Gasteiger partial charge in [0.2, 0.25) is 17.7 Å². The van der Waals surface area contributed by atoms with Gasteiger partial charge in [0.15, 0.2) is 0 Å². The van der Waals surface area contributed by atoms with Crippen molar-refractivity contribution >= 4 is 23.6 Å². The average molecular weight is 516 g/mol. The lowest BCUT2D eigenvalue weighted by molar-refractivity contribution is -0.140. The van der Waals surface area contributed by atoms with Crippen LogP contribution in [0.3, 0.4) is 0 Å². The van der Waals surface area contributed by atoms with Crippen LogP contribution in [0, 0.1) is 0 Å². The van der Waals surface area contributed by atoms with Gasteiger partial charge in [0.1, 0.15) is 18.4 Å². The quantitative estimate of drug-likeness (QED) is 0.552. The lowest BCUT2D eigenvalue weighted by Crippen LogP contribution is -2.50. The maximum atomic E-state index is 13.2. The van der Waals surface area contributed by atoms with E-state index < -0.39 is 23.8 Å². The first kappa shape index (κ1) is 28.4. The number of hydrogen-bond acceptors (Lipinski definition) is 6. The van der Waals surface area contributed by atoms with Gasteiger partial charge < -0.3 is 30.1 Å². The number of nitrogens with one attached hydrogen (secondary N) is 2. The summed E-state index contributed by atoms with van der Waals surface area (Å²) in [4.78, 5) is 57.3. The molecule has 3 rings (SSSR count). The van der Waals surface area contributed by atoms with Crippen LogP contribution in [-0.2, 0) is 14.4 Å². The number of amides is 4. The fraction of sp³-hybridized carbons (Fsp3) is 0.630. The van der Waals surface area contributed by atoms with Gasteiger partial charge in [0, 0.05) is 20.1 Å². The Morgan fingerprint density at radius 3 is 2.51 bits per heavy atom. The van der Waals surface area contributed by atoms with Gasteiger partial charge in [-0.15, -0.1) is 0 Å². The molecular formula is C27H41N5O5. The standard InChI is InChI=1S/C27H41N5O5/c1-3-32-17-18-37-23-12-7-6-11-21(23)26(35)29-22(19-24(33)30(2)20-25(32)34)27(36)28-13-10-16-31-14-8-4-5-9-15-31/h6-7,11-12,22H,3-5,8-10,13-20H2,1-2H3,(H,28,36)(H,29,35)/t22-/m0/s1. The first-order chi connectivity index (χ1) is 17.9. The van der Waals surface area contributed by atoms with E-state index in [1.165, 1.54) is 37.6 Å². The molecule has 0 aromatic heterocycles. The number of carbonyl (C=O) groups is 4. The molecule has 204 valence electrons. The highest BCUT2D eigenvalue weighted by Crippen LogP contribution is 2.19. The minimum Gasteiger partial charge on any atom is -0.491 e. The van der Waals surface area contributed by atoms with Crippen LogP contribution in [-0.4, -0.2) is 104 Å². The first-order valence-electron chi connectivity index (χ1n) is 13.4. The van der Waals surface area contributed by atoms with Crippen molar-refractivity contribution in [2.24, 2.45) is 0 Å². The van der Waals surface area contributed by atoms with Crippen molar-refractivity contribution in [3.63, 3.8) is 0 Å². The van der Waals surface area contributed by atoms with Crippen molar-refractivity contribution in [2.45, 2.75) is 51.5 Å². The molecule has 1 fully saturated rings. The van der Waals surface area contributed by atoms with Gasteiger partial charge in [-0.2, -0.15) is 0 Å². The highest BCUT2D eigenvalue weighted by Gasteiger charge is 2.28. The normalized spacial score (nSPS) is 20.8. The van der Waals surface area contributed by atoms with Gasteiger partial charge in [-0.1, -0.05) is 25.0 Å². The Morgan fingerprint density at radius 2 is 1.78 bits per heavy atom. The molecule has 37 heavy (non-hydrogen) atoms. The Labute approximate surface area is 219 Å². The number of para-hydroxylation sites is 1. The largest absolute Gasteiger partial charge is 0.491 e. The summed E-state index contributed by atoms with van der Waals surface area (Å²) in [7, 11) is 1.53. The van der Waals surface area contributed by atoms with E-state index in [-0.39, 0.29) is 31.0 Å². The molecule has 2 aliphatic heterocycles. The zero-order valence-electron chi connectivity index (χ0n) is 22.2. The number of hydrogen-bond donors (Lipinski definition) is 2. The maximum Gasteiger partial charge on any atom is 0.255 e. The molecule has 0 radical (unpaired) electrons. The Hall–Kier alpha value is -3.14. The second kappa shape index (κ2) is 14.6. The van der Waals surface area contributed by atoms with Crippen molar-refractivity contribution in [2.75, 3.05) is 59.5 Å². The lowest BCUT2D eigenvalue weighted by Gasteiger charge is -2.27. The molecule has 1 saturated heterocycles. The molecule has 2 N–H and O–H groups in total. The molecule has 0 unspecified atom stereocenters. The van der Waals surface area contributed by atoms with Gasteiger partial charge in [0.25, 0.3) is 5.91 Å². The Morgan fingerprint density at radius 1 is 1.05 bits per heavy atom. The molecule has 10 heteroatoms. The number of fused-ring (bicyclic) bond motifs is 1. The van der Waals surface area contributed by atoms with Crippen LogP contribution in [0.25, 0.3) is 0 Å². The molecular weight excluding hydrogens is 474 g/mol. The molecule has 2 aliphatic rings. The average Bonchev–Trinajstić information content (AvgIpc) is 3.17. The number of likely N-dealkylation sites (tertiary alicyclic amines) is 1.